The van der Waals surface area contributed by atoms with Crippen molar-refractivity contribution in [1.82, 2.24) is 14.5 Å². The fraction of sp³-hybridized carbons (Fsp3) is 0.438. The summed E-state index contributed by atoms with van der Waals surface area (Å²) < 4.78 is 27.2. The molecule has 2 aromatic rings. The summed E-state index contributed by atoms with van der Waals surface area (Å²) in [7, 11) is -3.53. The molecule has 1 aliphatic heterocycles. The minimum atomic E-state index is -3.53. The fourth-order valence-electron chi connectivity index (χ4n) is 3.02. The van der Waals surface area contributed by atoms with Gasteiger partial charge in [-0.25, -0.2) is 8.42 Å². The molecular formula is C16H20N4O3S2. The molecule has 0 unspecified atom stereocenters. The first-order valence-corrected chi connectivity index (χ1v) is 10.3. The van der Waals surface area contributed by atoms with Crippen molar-refractivity contribution in [2.24, 2.45) is 5.92 Å². The number of hydrogen-bond acceptors (Lipinski definition) is 6. The van der Waals surface area contributed by atoms with Crippen molar-refractivity contribution >= 4 is 32.4 Å². The van der Waals surface area contributed by atoms with Gasteiger partial charge in [-0.15, -0.1) is 10.2 Å². The van der Waals surface area contributed by atoms with Crippen LogP contribution in [0.1, 0.15) is 24.0 Å². The minimum absolute atomic E-state index is 0.125. The summed E-state index contributed by atoms with van der Waals surface area (Å²) in [5.74, 6) is -0.338. The second-order valence-electron chi connectivity index (χ2n) is 6.18. The van der Waals surface area contributed by atoms with Gasteiger partial charge in [0.2, 0.25) is 21.1 Å². The molecule has 1 aliphatic rings. The third-order valence-corrected chi connectivity index (χ3v) is 7.03. The lowest BCUT2D eigenvalue weighted by Gasteiger charge is -2.30. The molecule has 1 saturated heterocycles. The van der Waals surface area contributed by atoms with Gasteiger partial charge in [0.1, 0.15) is 5.51 Å². The summed E-state index contributed by atoms with van der Waals surface area (Å²) in [4.78, 5) is 12.6. The Morgan fingerprint density at radius 2 is 2.00 bits per heavy atom. The minimum Gasteiger partial charge on any atom is -0.300 e. The second-order valence-corrected chi connectivity index (χ2v) is 8.92. The predicted octanol–water partition coefficient (Wildman–Crippen LogP) is 2.19. The molecule has 0 saturated carbocycles. The Balaban J connectivity index is 1.66. The fourth-order valence-corrected chi connectivity index (χ4v) is 5.14. The van der Waals surface area contributed by atoms with Crippen molar-refractivity contribution in [3.05, 3.63) is 34.8 Å². The van der Waals surface area contributed by atoms with Crippen LogP contribution in [0.5, 0.6) is 0 Å². The number of amides is 1. The van der Waals surface area contributed by atoms with Crippen LogP contribution in [-0.2, 0) is 14.8 Å². The zero-order valence-corrected chi connectivity index (χ0v) is 15.7. The molecule has 7 nitrogen and oxygen atoms in total. The van der Waals surface area contributed by atoms with E-state index in [0.717, 1.165) is 11.1 Å². The summed E-state index contributed by atoms with van der Waals surface area (Å²) in [5.41, 5.74) is 3.33. The molecule has 9 heteroatoms. The van der Waals surface area contributed by atoms with Gasteiger partial charge in [0.15, 0.2) is 0 Å². The molecule has 0 aliphatic carbocycles. The molecule has 1 fully saturated rings. The average molecular weight is 380 g/mol. The smallest absolute Gasteiger partial charge is 0.243 e. The number of nitrogens with one attached hydrogen (secondary N) is 1. The summed E-state index contributed by atoms with van der Waals surface area (Å²) in [6.45, 7) is 4.42. The first-order chi connectivity index (χ1) is 11.9. The standard InChI is InChI=1S/C16H20N4O3S2/c1-11-3-4-14(12(2)9-11)25(22,23)20-7-5-13(6-8-20)15(21)18-16-19-17-10-24-16/h3-4,9-10,13H,5-8H2,1-2H3,(H,18,19,21). The topological polar surface area (TPSA) is 92.3 Å². The zero-order chi connectivity index (χ0) is 18.0. The Labute approximate surface area is 151 Å². The number of aromatic nitrogens is 2. The lowest BCUT2D eigenvalue weighted by atomic mass is 9.97. The number of sulfonamides is 1. The average Bonchev–Trinajstić information content (AvgIpc) is 3.07. The Morgan fingerprint density at radius 3 is 2.60 bits per heavy atom. The van der Waals surface area contributed by atoms with E-state index in [4.69, 9.17) is 0 Å². The molecule has 3 rings (SSSR count). The van der Waals surface area contributed by atoms with Crippen LogP contribution < -0.4 is 5.32 Å². The van der Waals surface area contributed by atoms with E-state index in [1.807, 2.05) is 26.0 Å². The Bertz CT molecular complexity index is 858. The Morgan fingerprint density at radius 1 is 1.28 bits per heavy atom. The summed E-state index contributed by atoms with van der Waals surface area (Å²) in [6, 6.07) is 5.34. The van der Waals surface area contributed by atoms with Crippen LogP contribution in [0.15, 0.2) is 28.6 Å². The molecule has 0 radical (unpaired) electrons. The number of anilines is 1. The maximum Gasteiger partial charge on any atom is 0.243 e. The number of piperidine rings is 1. The van der Waals surface area contributed by atoms with E-state index < -0.39 is 10.0 Å². The van der Waals surface area contributed by atoms with Crippen molar-refractivity contribution < 1.29 is 13.2 Å². The van der Waals surface area contributed by atoms with Crippen molar-refractivity contribution in [3.8, 4) is 0 Å². The molecule has 0 spiro atoms. The van der Waals surface area contributed by atoms with Crippen LogP contribution in [0.25, 0.3) is 0 Å². The number of benzene rings is 1. The number of carbonyl (C=O) groups is 1. The first-order valence-electron chi connectivity index (χ1n) is 8.02. The number of carbonyl (C=O) groups excluding carboxylic acids is 1. The Kier molecular flexibility index (Phi) is 5.16. The van der Waals surface area contributed by atoms with E-state index in [2.05, 4.69) is 15.5 Å². The van der Waals surface area contributed by atoms with Crippen LogP contribution in [0.2, 0.25) is 0 Å². The third kappa shape index (κ3) is 3.88. The normalized spacial score (nSPS) is 16.7. The third-order valence-electron chi connectivity index (χ3n) is 4.36. The zero-order valence-electron chi connectivity index (χ0n) is 14.1. The second kappa shape index (κ2) is 7.19. The highest BCUT2D eigenvalue weighted by molar-refractivity contribution is 7.89. The highest BCUT2D eigenvalue weighted by atomic mass is 32.2. The highest BCUT2D eigenvalue weighted by Gasteiger charge is 2.33. The number of aryl methyl sites for hydroxylation is 2. The van der Waals surface area contributed by atoms with Crippen molar-refractivity contribution in [2.45, 2.75) is 31.6 Å². The van der Waals surface area contributed by atoms with Crippen molar-refractivity contribution in [1.29, 1.82) is 0 Å². The summed E-state index contributed by atoms with van der Waals surface area (Å²) in [6.07, 6.45) is 0.990. The summed E-state index contributed by atoms with van der Waals surface area (Å²) in [5, 5.41) is 10.7. The molecule has 25 heavy (non-hydrogen) atoms. The van der Waals surface area contributed by atoms with Gasteiger partial charge in [-0.1, -0.05) is 29.0 Å². The van der Waals surface area contributed by atoms with Gasteiger partial charge in [0.05, 0.1) is 4.90 Å². The Hall–Kier alpha value is -1.84. The van der Waals surface area contributed by atoms with Crippen molar-refractivity contribution in [2.75, 3.05) is 18.4 Å². The first kappa shape index (κ1) is 18.0. The molecule has 1 N–H and O–H groups in total. The van der Waals surface area contributed by atoms with Gasteiger partial charge in [-0.3, -0.25) is 4.79 Å². The van der Waals surface area contributed by atoms with E-state index in [1.54, 1.807) is 11.6 Å². The predicted molar refractivity (Wildman–Crippen MR) is 95.9 cm³/mol. The van der Waals surface area contributed by atoms with Crippen LogP contribution in [-0.4, -0.2) is 41.9 Å². The van der Waals surface area contributed by atoms with Gasteiger partial charge in [0.25, 0.3) is 0 Å². The van der Waals surface area contributed by atoms with E-state index in [0.29, 0.717) is 36.0 Å². The largest absolute Gasteiger partial charge is 0.300 e. The number of nitrogens with zero attached hydrogens (tertiary/aromatic N) is 3. The van der Waals surface area contributed by atoms with Gasteiger partial charge in [-0.05, 0) is 38.3 Å². The van der Waals surface area contributed by atoms with Crippen LogP contribution >= 0.6 is 11.3 Å². The van der Waals surface area contributed by atoms with E-state index in [9.17, 15) is 13.2 Å². The lowest BCUT2D eigenvalue weighted by molar-refractivity contribution is -0.120. The van der Waals surface area contributed by atoms with E-state index in [-0.39, 0.29) is 11.8 Å². The lowest BCUT2D eigenvalue weighted by Crippen LogP contribution is -2.41. The number of rotatable bonds is 4. The van der Waals surface area contributed by atoms with Crippen LogP contribution in [0.4, 0.5) is 5.13 Å². The van der Waals surface area contributed by atoms with Crippen LogP contribution in [0.3, 0.4) is 0 Å². The van der Waals surface area contributed by atoms with Crippen LogP contribution in [0, 0.1) is 19.8 Å². The summed E-state index contributed by atoms with van der Waals surface area (Å²) >= 11 is 1.26. The number of hydrogen-bond donors (Lipinski definition) is 1. The van der Waals surface area contributed by atoms with E-state index in [1.165, 1.54) is 15.6 Å². The maximum absolute atomic E-state index is 12.9. The molecule has 1 amide bonds. The molecule has 1 aromatic heterocycles. The van der Waals surface area contributed by atoms with E-state index >= 15 is 0 Å². The van der Waals surface area contributed by atoms with Crippen molar-refractivity contribution in [3.63, 3.8) is 0 Å². The molecular weight excluding hydrogens is 360 g/mol. The molecule has 0 bridgehead atoms. The molecule has 1 aromatic carbocycles. The SMILES string of the molecule is Cc1ccc(S(=O)(=O)N2CCC(C(=O)Nc3nncs3)CC2)c(C)c1. The van der Waals surface area contributed by atoms with Gasteiger partial charge < -0.3 is 5.32 Å². The molecule has 134 valence electrons. The molecule has 0 atom stereocenters. The highest BCUT2D eigenvalue weighted by Crippen LogP contribution is 2.27. The monoisotopic (exact) mass is 380 g/mol. The van der Waals surface area contributed by atoms with Gasteiger partial charge >= 0.3 is 0 Å². The molecule has 2 heterocycles. The van der Waals surface area contributed by atoms with Gasteiger partial charge in [0, 0.05) is 19.0 Å². The quantitative estimate of drug-likeness (QED) is 0.878. The van der Waals surface area contributed by atoms with Gasteiger partial charge in [-0.2, -0.15) is 4.31 Å². The maximum atomic E-state index is 12.9.